The molecule has 1 N–H and O–H groups in total. The van der Waals surface area contributed by atoms with E-state index in [4.69, 9.17) is 11.6 Å². The molecule has 1 amide bonds. The van der Waals surface area contributed by atoms with Crippen LogP contribution in [0.5, 0.6) is 0 Å². The van der Waals surface area contributed by atoms with Gasteiger partial charge in [0.15, 0.2) is 0 Å². The highest BCUT2D eigenvalue weighted by molar-refractivity contribution is 6.30. The molecule has 19 heavy (non-hydrogen) atoms. The summed E-state index contributed by atoms with van der Waals surface area (Å²) in [6.45, 7) is 1.89. The van der Waals surface area contributed by atoms with Gasteiger partial charge in [0.1, 0.15) is 0 Å². The van der Waals surface area contributed by atoms with Gasteiger partial charge in [-0.25, -0.2) is 5.43 Å². The van der Waals surface area contributed by atoms with Gasteiger partial charge in [0.25, 0.3) is 5.91 Å². The molecule has 0 aliphatic carbocycles. The van der Waals surface area contributed by atoms with Gasteiger partial charge in [-0.1, -0.05) is 41.9 Å². The Morgan fingerprint density at radius 2 is 1.84 bits per heavy atom. The van der Waals surface area contributed by atoms with Crippen LogP contribution in [0.25, 0.3) is 0 Å². The highest BCUT2D eigenvalue weighted by Crippen LogP contribution is 2.08. The van der Waals surface area contributed by atoms with Crippen molar-refractivity contribution in [2.45, 2.75) is 6.92 Å². The molecule has 0 radical (unpaired) electrons. The summed E-state index contributed by atoms with van der Waals surface area (Å²) in [6.07, 6.45) is 1.58. The van der Waals surface area contributed by atoms with Gasteiger partial charge in [-0.05, 0) is 36.2 Å². The highest BCUT2D eigenvalue weighted by Gasteiger charge is 2.05. The number of benzene rings is 2. The summed E-state index contributed by atoms with van der Waals surface area (Å²) in [7, 11) is 0. The van der Waals surface area contributed by atoms with Crippen molar-refractivity contribution >= 4 is 23.7 Å². The average Bonchev–Trinajstić information content (AvgIpc) is 2.41. The van der Waals surface area contributed by atoms with Gasteiger partial charge in [0, 0.05) is 10.6 Å². The van der Waals surface area contributed by atoms with Gasteiger partial charge in [0.05, 0.1) is 6.21 Å². The van der Waals surface area contributed by atoms with Crippen molar-refractivity contribution in [3.63, 3.8) is 0 Å². The van der Waals surface area contributed by atoms with Gasteiger partial charge < -0.3 is 0 Å². The number of halogens is 1. The van der Waals surface area contributed by atoms with Crippen molar-refractivity contribution in [1.82, 2.24) is 5.43 Å². The largest absolute Gasteiger partial charge is 0.271 e. The van der Waals surface area contributed by atoms with Crippen LogP contribution in [0.2, 0.25) is 5.02 Å². The first-order valence-electron chi connectivity index (χ1n) is 5.81. The Morgan fingerprint density at radius 3 is 2.53 bits per heavy atom. The third kappa shape index (κ3) is 3.66. The topological polar surface area (TPSA) is 41.5 Å². The van der Waals surface area contributed by atoms with Crippen LogP contribution in [0.3, 0.4) is 0 Å². The molecule has 0 aliphatic heterocycles. The van der Waals surface area contributed by atoms with Crippen LogP contribution in [0.1, 0.15) is 21.5 Å². The smallest absolute Gasteiger partial charge is 0.267 e. The molecule has 2 aromatic rings. The number of hydrogen-bond donors (Lipinski definition) is 1. The fraction of sp³-hybridized carbons (Fsp3) is 0.0667. The maximum absolute atomic E-state index is 11.9. The molecule has 0 unspecified atom stereocenters. The van der Waals surface area contributed by atoms with Crippen LogP contribution < -0.4 is 5.43 Å². The van der Waals surface area contributed by atoms with E-state index in [0.29, 0.717) is 10.6 Å². The molecular weight excluding hydrogens is 260 g/mol. The van der Waals surface area contributed by atoms with Crippen LogP contribution in [0, 0.1) is 6.92 Å². The van der Waals surface area contributed by atoms with Crippen molar-refractivity contribution in [3.05, 3.63) is 70.2 Å². The number of hydrogen-bond acceptors (Lipinski definition) is 2. The summed E-state index contributed by atoms with van der Waals surface area (Å²) >= 11 is 5.78. The van der Waals surface area contributed by atoms with Crippen molar-refractivity contribution in [3.8, 4) is 0 Å². The maximum Gasteiger partial charge on any atom is 0.271 e. The van der Waals surface area contributed by atoms with Crippen LogP contribution in [0.4, 0.5) is 0 Å². The quantitative estimate of drug-likeness (QED) is 0.675. The first-order valence-corrected chi connectivity index (χ1v) is 6.19. The van der Waals surface area contributed by atoms with Crippen LogP contribution >= 0.6 is 11.6 Å². The maximum atomic E-state index is 11.9. The third-order valence-corrected chi connectivity index (χ3v) is 2.89. The lowest BCUT2D eigenvalue weighted by Gasteiger charge is -2.02. The van der Waals surface area contributed by atoms with Gasteiger partial charge in [-0.15, -0.1) is 0 Å². The van der Waals surface area contributed by atoms with Crippen molar-refractivity contribution in [1.29, 1.82) is 0 Å². The van der Waals surface area contributed by atoms with Crippen molar-refractivity contribution in [2.75, 3.05) is 0 Å². The second-order valence-electron chi connectivity index (χ2n) is 4.07. The zero-order valence-electron chi connectivity index (χ0n) is 10.4. The lowest BCUT2D eigenvalue weighted by molar-refractivity contribution is 0.0954. The van der Waals surface area contributed by atoms with Crippen molar-refractivity contribution in [2.24, 2.45) is 5.10 Å². The summed E-state index contributed by atoms with van der Waals surface area (Å²) in [4.78, 5) is 11.9. The predicted octanol–water partition coefficient (Wildman–Crippen LogP) is 3.41. The minimum atomic E-state index is -0.219. The summed E-state index contributed by atoms with van der Waals surface area (Å²) in [5, 5.41) is 4.59. The minimum Gasteiger partial charge on any atom is -0.267 e. The molecule has 0 bridgehead atoms. The lowest BCUT2D eigenvalue weighted by atomic mass is 10.1. The fourth-order valence-electron chi connectivity index (χ4n) is 1.60. The molecule has 96 valence electrons. The van der Waals surface area contributed by atoms with Gasteiger partial charge in [-0.2, -0.15) is 5.10 Å². The summed E-state index contributed by atoms with van der Waals surface area (Å²) in [6, 6.07) is 14.6. The Hall–Kier alpha value is -2.13. The van der Waals surface area contributed by atoms with E-state index in [-0.39, 0.29) is 5.91 Å². The minimum absolute atomic E-state index is 0.219. The monoisotopic (exact) mass is 272 g/mol. The Balaban J connectivity index is 2.01. The van der Waals surface area contributed by atoms with Gasteiger partial charge in [-0.3, -0.25) is 4.79 Å². The molecule has 2 aromatic carbocycles. The molecule has 0 saturated carbocycles. The van der Waals surface area contributed by atoms with E-state index in [1.165, 1.54) is 0 Å². The number of rotatable bonds is 3. The van der Waals surface area contributed by atoms with Gasteiger partial charge >= 0.3 is 0 Å². The Kier molecular flexibility index (Phi) is 4.31. The van der Waals surface area contributed by atoms with Crippen LogP contribution in [-0.2, 0) is 0 Å². The zero-order valence-corrected chi connectivity index (χ0v) is 11.2. The molecule has 0 saturated heterocycles. The Bertz CT molecular complexity index is 606. The summed E-state index contributed by atoms with van der Waals surface area (Å²) in [5.74, 6) is -0.219. The van der Waals surface area contributed by atoms with E-state index in [1.807, 2.05) is 37.3 Å². The predicted molar refractivity (Wildman–Crippen MR) is 77.7 cm³/mol. The molecular formula is C15H13ClN2O. The molecule has 3 nitrogen and oxygen atoms in total. The van der Waals surface area contributed by atoms with Crippen LogP contribution in [-0.4, -0.2) is 12.1 Å². The molecule has 0 atom stereocenters. The highest BCUT2D eigenvalue weighted by atomic mass is 35.5. The molecule has 0 aromatic heterocycles. The number of nitrogens with one attached hydrogen (secondary N) is 1. The number of nitrogens with zero attached hydrogens (tertiary/aromatic N) is 1. The van der Waals surface area contributed by atoms with Crippen molar-refractivity contribution < 1.29 is 4.79 Å². The Labute approximate surface area is 116 Å². The number of carbonyl (C=O) groups excluding carboxylic acids is 1. The number of aryl methyl sites for hydroxylation is 1. The second-order valence-corrected chi connectivity index (χ2v) is 4.50. The fourth-order valence-corrected chi connectivity index (χ4v) is 1.73. The standard InChI is InChI=1S/C15H13ClN2O/c1-11-4-2-3-5-14(11)15(19)18-17-10-12-6-8-13(16)9-7-12/h2-10H,1H3,(H,18,19)/b17-10-. The van der Waals surface area contributed by atoms with Crippen LogP contribution in [0.15, 0.2) is 53.6 Å². The number of carbonyl (C=O) groups is 1. The van der Waals surface area contributed by atoms with E-state index in [2.05, 4.69) is 10.5 Å². The molecule has 2 rings (SSSR count). The van der Waals surface area contributed by atoms with E-state index in [0.717, 1.165) is 11.1 Å². The zero-order chi connectivity index (χ0) is 13.7. The molecule has 0 heterocycles. The van der Waals surface area contributed by atoms with E-state index >= 15 is 0 Å². The van der Waals surface area contributed by atoms with E-state index in [1.54, 1.807) is 24.4 Å². The molecule has 0 spiro atoms. The number of hydrazone groups is 1. The first-order chi connectivity index (χ1) is 9.16. The van der Waals surface area contributed by atoms with Gasteiger partial charge in [0.2, 0.25) is 0 Å². The molecule has 0 fully saturated rings. The second kappa shape index (κ2) is 6.16. The average molecular weight is 273 g/mol. The van der Waals surface area contributed by atoms with E-state index < -0.39 is 0 Å². The SMILES string of the molecule is Cc1ccccc1C(=O)N/N=C\c1ccc(Cl)cc1. The normalized spacial score (nSPS) is 10.6. The lowest BCUT2D eigenvalue weighted by Crippen LogP contribution is -2.18. The number of amides is 1. The molecule has 4 heteroatoms. The Morgan fingerprint density at radius 1 is 1.16 bits per heavy atom. The summed E-state index contributed by atoms with van der Waals surface area (Å²) in [5.41, 5.74) is 4.91. The van der Waals surface area contributed by atoms with E-state index in [9.17, 15) is 4.79 Å². The molecule has 0 aliphatic rings. The summed E-state index contributed by atoms with van der Waals surface area (Å²) < 4.78 is 0. The first kappa shape index (κ1) is 13.3. The third-order valence-electron chi connectivity index (χ3n) is 2.64.